The maximum absolute atomic E-state index is 12.7. The lowest BCUT2D eigenvalue weighted by atomic mass is 10.2. The third kappa shape index (κ3) is 3.55. The maximum atomic E-state index is 12.7. The molecule has 25 heavy (non-hydrogen) atoms. The van der Waals surface area contributed by atoms with Gasteiger partial charge in [0.2, 0.25) is 5.91 Å². The van der Waals surface area contributed by atoms with Crippen LogP contribution in [0.3, 0.4) is 0 Å². The van der Waals surface area contributed by atoms with E-state index in [4.69, 9.17) is 0 Å². The number of hydrogen-bond acceptors (Lipinski definition) is 5. The normalized spacial score (nSPS) is 16.5. The van der Waals surface area contributed by atoms with Gasteiger partial charge in [-0.1, -0.05) is 18.2 Å². The van der Waals surface area contributed by atoms with E-state index in [-0.39, 0.29) is 23.2 Å². The Labute approximate surface area is 144 Å². The molecule has 0 spiro atoms. The first-order valence-corrected chi connectivity index (χ1v) is 8.04. The van der Waals surface area contributed by atoms with Gasteiger partial charge in [-0.05, 0) is 31.0 Å². The zero-order valence-corrected chi connectivity index (χ0v) is 13.8. The molecule has 7 nitrogen and oxygen atoms in total. The highest BCUT2D eigenvalue weighted by atomic mass is 16.5. The van der Waals surface area contributed by atoms with E-state index in [0.717, 1.165) is 18.7 Å². The van der Waals surface area contributed by atoms with Gasteiger partial charge in [-0.25, -0.2) is 4.79 Å². The summed E-state index contributed by atoms with van der Waals surface area (Å²) in [7, 11) is 1.25. The number of carbonyl (C=O) groups is 2. The second-order valence-electron chi connectivity index (χ2n) is 5.80. The first kappa shape index (κ1) is 16.8. The summed E-state index contributed by atoms with van der Waals surface area (Å²) in [6.07, 6.45) is 2.86. The van der Waals surface area contributed by atoms with Crippen molar-refractivity contribution < 1.29 is 14.3 Å². The number of hydrogen-bond donors (Lipinski definition) is 2. The van der Waals surface area contributed by atoms with Gasteiger partial charge in [0.15, 0.2) is 0 Å². The van der Waals surface area contributed by atoms with Gasteiger partial charge in [-0.2, -0.15) is 0 Å². The number of ether oxygens (including phenoxy) is 1. The second kappa shape index (κ2) is 7.21. The van der Waals surface area contributed by atoms with Crippen molar-refractivity contribution >= 4 is 23.3 Å². The smallest absolute Gasteiger partial charge is 0.339 e. The predicted octanol–water partition coefficient (Wildman–Crippen LogP) is 1.77. The monoisotopic (exact) mass is 341 g/mol. The number of nitrogens with one attached hydrogen (secondary N) is 2. The number of pyridine rings is 1. The van der Waals surface area contributed by atoms with Gasteiger partial charge in [-0.3, -0.25) is 9.59 Å². The average molecular weight is 341 g/mol. The summed E-state index contributed by atoms with van der Waals surface area (Å²) in [6.45, 7) is 0.778. The molecular weight excluding hydrogens is 322 g/mol. The van der Waals surface area contributed by atoms with Crippen LogP contribution in [0, 0.1) is 0 Å². The summed E-state index contributed by atoms with van der Waals surface area (Å²) in [4.78, 5) is 40.7. The first-order chi connectivity index (χ1) is 12.1. The fourth-order valence-electron chi connectivity index (χ4n) is 3.00. The van der Waals surface area contributed by atoms with E-state index < -0.39 is 11.5 Å². The molecule has 1 aliphatic rings. The minimum atomic E-state index is -0.585. The highest BCUT2D eigenvalue weighted by Gasteiger charge is 2.31. The molecule has 0 radical (unpaired) electrons. The molecule has 0 saturated carbocycles. The molecule has 7 heteroatoms. The highest BCUT2D eigenvalue weighted by Crippen LogP contribution is 2.25. The lowest BCUT2D eigenvalue weighted by Gasteiger charge is -2.25. The fraction of sp³-hybridized carbons (Fsp3) is 0.278. The maximum Gasteiger partial charge on any atom is 0.339 e. The van der Waals surface area contributed by atoms with Crippen LogP contribution in [0.1, 0.15) is 23.2 Å². The van der Waals surface area contributed by atoms with Crippen molar-refractivity contribution in [1.82, 2.24) is 4.98 Å². The molecule has 130 valence electrons. The molecule has 2 heterocycles. The van der Waals surface area contributed by atoms with E-state index in [0.29, 0.717) is 6.42 Å². The lowest BCUT2D eigenvalue weighted by molar-refractivity contribution is -0.117. The summed E-state index contributed by atoms with van der Waals surface area (Å²) < 4.78 is 4.63. The van der Waals surface area contributed by atoms with Crippen molar-refractivity contribution in [3.63, 3.8) is 0 Å². The number of esters is 1. The molecule has 2 aromatic rings. The van der Waals surface area contributed by atoms with Gasteiger partial charge in [0.1, 0.15) is 11.7 Å². The van der Waals surface area contributed by atoms with Gasteiger partial charge in [0, 0.05) is 18.4 Å². The average Bonchev–Trinajstić information content (AvgIpc) is 3.13. The Bertz CT molecular complexity index is 832. The SMILES string of the molecule is COC(=O)c1c[nH]c(=O)c(NC(=O)[C@H]2CCCN2c2ccccc2)c1. The number of carbonyl (C=O) groups excluding carboxylic acids is 2. The second-order valence-corrected chi connectivity index (χ2v) is 5.80. The van der Waals surface area contributed by atoms with Crippen LogP contribution in [0.25, 0.3) is 0 Å². The molecular formula is C18H19N3O4. The van der Waals surface area contributed by atoms with Gasteiger partial charge >= 0.3 is 5.97 Å². The van der Waals surface area contributed by atoms with Gasteiger partial charge in [0.05, 0.1) is 12.7 Å². The molecule has 1 saturated heterocycles. The Kier molecular flexibility index (Phi) is 4.83. The number of rotatable bonds is 4. The molecule has 3 rings (SSSR count). The van der Waals surface area contributed by atoms with Crippen LogP contribution in [0.2, 0.25) is 0 Å². The van der Waals surface area contributed by atoms with Gasteiger partial charge in [0.25, 0.3) is 5.56 Å². The van der Waals surface area contributed by atoms with E-state index in [1.165, 1.54) is 19.4 Å². The van der Waals surface area contributed by atoms with E-state index in [1.54, 1.807) is 0 Å². The molecule has 0 bridgehead atoms. The van der Waals surface area contributed by atoms with Crippen molar-refractivity contribution in [2.45, 2.75) is 18.9 Å². The number of methoxy groups -OCH3 is 1. The van der Waals surface area contributed by atoms with Crippen LogP contribution in [-0.2, 0) is 9.53 Å². The van der Waals surface area contributed by atoms with Gasteiger partial charge in [-0.15, -0.1) is 0 Å². The lowest BCUT2D eigenvalue weighted by Crippen LogP contribution is -2.40. The Morgan fingerprint density at radius 2 is 2.04 bits per heavy atom. The zero-order chi connectivity index (χ0) is 17.8. The van der Waals surface area contributed by atoms with E-state index >= 15 is 0 Å². The highest BCUT2D eigenvalue weighted by molar-refractivity contribution is 5.98. The molecule has 0 unspecified atom stereocenters. The molecule has 0 aliphatic carbocycles. The molecule has 2 N–H and O–H groups in total. The molecule has 1 fully saturated rings. The van der Waals surface area contributed by atoms with Crippen LogP contribution >= 0.6 is 0 Å². The Morgan fingerprint density at radius 3 is 2.76 bits per heavy atom. The third-order valence-corrected chi connectivity index (χ3v) is 4.23. The van der Waals surface area contributed by atoms with E-state index in [9.17, 15) is 14.4 Å². The summed E-state index contributed by atoms with van der Waals surface area (Å²) in [5.74, 6) is -0.854. The van der Waals surface area contributed by atoms with Gasteiger partial charge < -0.3 is 19.9 Å². The van der Waals surface area contributed by atoms with Crippen molar-refractivity contribution in [3.8, 4) is 0 Å². The minimum Gasteiger partial charge on any atom is -0.465 e. The third-order valence-electron chi connectivity index (χ3n) is 4.23. The van der Waals surface area contributed by atoms with Crippen LogP contribution < -0.4 is 15.8 Å². The molecule has 1 aliphatic heterocycles. The van der Waals surface area contributed by atoms with Crippen LogP contribution in [0.5, 0.6) is 0 Å². The molecule has 1 amide bonds. The number of H-pyrrole nitrogens is 1. The standard InChI is InChI=1S/C18H19N3O4/c1-25-18(24)12-10-14(16(22)19-11-12)20-17(23)15-8-5-9-21(15)13-6-3-2-4-7-13/h2-4,6-7,10-11,15H,5,8-9H2,1H3,(H,19,22)(H,20,23)/t15-/m1/s1. The number of aromatic nitrogens is 1. The number of anilines is 2. The first-order valence-electron chi connectivity index (χ1n) is 8.04. The summed E-state index contributed by atoms with van der Waals surface area (Å²) >= 11 is 0. The van der Waals surface area contributed by atoms with E-state index in [2.05, 4.69) is 15.0 Å². The van der Waals surface area contributed by atoms with Crippen molar-refractivity contribution in [1.29, 1.82) is 0 Å². The summed E-state index contributed by atoms with van der Waals surface area (Å²) in [5, 5.41) is 2.64. The molecule has 1 atom stereocenters. The fourth-order valence-corrected chi connectivity index (χ4v) is 3.00. The largest absolute Gasteiger partial charge is 0.465 e. The van der Waals surface area contributed by atoms with E-state index in [1.807, 2.05) is 35.2 Å². The van der Waals surface area contributed by atoms with Crippen molar-refractivity contribution in [2.24, 2.45) is 0 Å². The van der Waals surface area contributed by atoms with Crippen LogP contribution in [0.4, 0.5) is 11.4 Å². The number of nitrogens with zero attached hydrogens (tertiary/aromatic N) is 1. The number of aromatic amines is 1. The van der Waals surface area contributed by atoms with Crippen molar-refractivity contribution in [2.75, 3.05) is 23.9 Å². The molecule has 1 aromatic heterocycles. The predicted molar refractivity (Wildman–Crippen MR) is 93.8 cm³/mol. The zero-order valence-electron chi connectivity index (χ0n) is 13.8. The van der Waals surface area contributed by atoms with Crippen LogP contribution in [0.15, 0.2) is 47.4 Å². The number of para-hydroxylation sites is 1. The summed E-state index contributed by atoms with van der Waals surface area (Å²) in [5.41, 5.74) is 0.708. The van der Waals surface area contributed by atoms with Crippen molar-refractivity contribution in [3.05, 3.63) is 58.5 Å². The topological polar surface area (TPSA) is 91.5 Å². The number of benzene rings is 1. The number of amides is 1. The minimum absolute atomic E-state index is 0.0350. The quantitative estimate of drug-likeness (QED) is 0.827. The Morgan fingerprint density at radius 1 is 1.28 bits per heavy atom. The summed E-state index contributed by atoms with van der Waals surface area (Å²) in [6, 6.07) is 10.6. The Balaban J connectivity index is 1.80. The molecule has 1 aromatic carbocycles. The van der Waals surface area contributed by atoms with Crippen LogP contribution in [-0.4, -0.2) is 36.6 Å². The Hall–Kier alpha value is -3.09.